The number of ether oxygens (including phenoxy) is 1. The van der Waals surface area contributed by atoms with Crippen molar-refractivity contribution in [1.82, 2.24) is 0 Å². The van der Waals surface area contributed by atoms with Gasteiger partial charge in [-0.2, -0.15) is 0 Å². The molecule has 0 radical (unpaired) electrons. The first kappa shape index (κ1) is 20.9. The normalized spacial score (nSPS) is 13.2. The van der Waals surface area contributed by atoms with Crippen molar-refractivity contribution in [2.75, 3.05) is 24.6 Å². The van der Waals surface area contributed by atoms with E-state index in [2.05, 4.69) is 0 Å². The first-order valence-electron chi connectivity index (χ1n) is 9.26. The smallest absolute Gasteiger partial charge is 0.338 e. The number of nitrogens with zero attached hydrogens (tertiary/aromatic N) is 3. The molecule has 1 fully saturated rings. The Labute approximate surface area is 171 Å². The van der Waals surface area contributed by atoms with E-state index in [0.29, 0.717) is 24.3 Å². The number of benzene rings is 2. The number of hydrogen-bond acceptors (Lipinski definition) is 8. The van der Waals surface area contributed by atoms with Crippen LogP contribution in [0, 0.1) is 27.2 Å². The Balaban J connectivity index is 1.72. The Morgan fingerprint density at radius 2 is 1.57 bits per heavy atom. The van der Waals surface area contributed by atoms with Crippen molar-refractivity contribution in [3.8, 4) is 0 Å². The Kier molecular flexibility index (Phi) is 6.05. The summed E-state index contributed by atoms with van der Waals surface area (Å²) < 4.78 is 4.98. The number of carbonyl (C=O) groups excluding carboxylic acids is 2. The molecule has 1 aliphatic rings. The molecule has 0 saturated carbocycles. The van der Waals surface area contributed by atoms with Crippen LogP contribution < -0.4 is 4.90 Å². The minimum absolute atomic E-state index is 0.0375. The lowest BCUT2D eigenvalue weighted by molar-refractivity contribution is -0.385. The third-order valence-electron chi connectivity index (χ3n) is 4.92. The maximum atomic E-state index is 12.3. The minimum atomic E-state index is -0.888. The van der Waals surface area contributed by atoms with Crippen LogP contribution in [0.15, 0.2) is 36.4 Å². The second-order valence-corrected chi connectivity index (χ2v) is 6.91. The maximum Gasteiger partial charge on any atom is 0.338 e. The fourth-order valence-electron chi connectivity index (χ4n) is 3.30. The highest BCUT2D eigenvalue weighted by Gasteiger charge is 2.24. The van der Waals surface area contributed by atoms with E-state index in [-0.39, 0.29) is 22.5 Å². The molecule has 2 aromatic rings. The third-order valence-corrected chi connectivity index (χ3v) is 4.92. The van der Waals surface area contributed by atoms with Gasteiger partial charge < -0.3 is 9.64 Å². The molecule has 1 saturated heterocycles. The summed E-state index contributed by atoms with van der Waals surface area (Å²) in [5.41, 5.74) is 0.422. The van der Waals surface area contributed by atoms with Gasteiger partial charge in [-0.25, -0.2) is 4.79 Å². The van der Waals surface area contributed by atoms with Crippen molar-refractivity contribution in [2.24, 2.45) is 0 Å². The molecule has 0 aromatic heterocycles. The minimum Gasteiger partial charge on any atom is -0.454 e. The molecule has 0 N–H and O–H groups in total. The zero-order valence-corrected chi connectivity index (χ0v) is 16.2. The van der Waals surface area contributed by atoms with Gasteiger partial charge in [-0.3, -0.25) is 25.0 Å². The zero-order valence-electron chi connectivity index (χ0n) is 16.2. The van der Waals surface area contributed by atoms with Crippen LogP contribution in [0.1, 0.15) is 39.1 Å². The van der Waals surface area contributed by atoms with Gasteiger partial charge in [0.15, 0.2) is 6.61 Å². The summed E-state index contributed by atoms with van der Waals surface area (Å²) in [6.45, 7) is 2.33. The highest BCUT2D eigenvalue weighted by Crippen LogP contribution is 2.32. The van der Waals surface area contributed by atoms with Crippen LogP contribution in [0.3, 0.4) is 0 Å². The number of ketones is 1. The average molecular weight is 413 g/mol. The molecule has 0 amide bonds. The number of nitro benzene ring substituents is 2. The summed E-state index contributed by atoms with van der Waals surface area (Å²) in [6, 6.07) is 8.04. The molecule has 0 unspecified atom stereocenters. The Hall–Kier alpha value is -3.82. The van der Waals surface area contributed by atoms with Gasteiger partial charge in [-0.05, 0) is 31.9 Å². The number of esters is 1. The molecule has 10 nitrogen and oxygen atoms in total. The Bertz CT molecular complexity index is 1030. The third kappa shape index (κ3) is 4.43. The number of aryl methyl sites for hydroxylation is 1. The monoisotopic (exact) mass is 413 g/mol. The summed E-state index contributed by atoms with van der Waals surface area (Å²) in [6.07, 6.45) is 1.89. The van der Waals surface area contributed by atoms with Crippen molar-refractivity contribution in [3.05, 3.63) is 73.3 Å². The fourth-order valence-corrected chi connectivity index (χ4v) is 3.30. The number of Topliss-reactive ketones (excluding diaryl/α,β-unsaturated/α-hetero) is 1. The lowest BCUT2D eigenvalue weighted by atomic mass is 10.1. The lowest BCUT2D eigenvalue weighted by Gasteiger charge is -2.17. The highest BCUT2D eigenvalue weighted by molar-refractivity contribution is 6.00. The predicted molar refractivity (Wildman–Crippen MR) is 107 cm³/mol. The highest BCUT2D eigenvalue weighted by atomic mass is 16.6. The number of nitro groups is 2. The van der Waals surface area contributed by atoms with E-state index in [4.69, 9.17) is 4.74 Å². The second kappa shape index (κ2) is 8.68. The zero-order chi connectivity index (χ0) is 21.8. The van der Waals surface area contributed by atoms with Gasteiger partial charge >= 0.3 is 5.97 Å². The van der Waals surface area contributed by atoms with Gasteiger partial charge in [0, 0.05) is 36.3 Å². The van der Waals surface area contributed by atoms with E-state index in [1.807, 2.05) is 4.90 Å². The maximum absolute atomic E-state index is 12.3. The molecule has 156 valence electrons. The first-order chi connectivity index (χ1) is 14.3. The first-order valence-corrected chi connectivity index (χ1v) is 9.26. The van der Waals surface area contributed by atoms with Crippen LogP contribution >= 0.6 is 0 Å². The number of carbonyl (C=O) groups is 2. The molecule has 10 heteroatoms. The second-order valence-electron chi connectivity index (χ2n) is 6.91. The summed E-state index contributed by atoms with van der Waals surface area (Å²) >= 11 is 0. The van der Waals surface area contributed by atoms with Crippen molar-refractivity contribution in [1.29, 1.82) is 0 Å². The van der Waals surface area contributed by atoms with Crippen LogP contribution in [0.2, 0.25) is 0 Å². The molecule has 0 bridgehead atoms. The molecule has 0 atom stereocenters. The molecular weight excluding hydrogens is 394 g/mol. The van der Waals surface area contributed by atoms with E-state index >= 15 is 0 Å². The topological polar surface area (TPSA) is 133 Å². The molecule has 30 heavy (non-hydrogen) atoms. The van der Waals surface area contributed by atoms with Gasteiger partial charge in [-0.15, -0.1) is 0 Å². The Morgan fingerprint density at radius 3 is 2.20 bits per heavy atom. The van der Waals surface area contributed by atoms with Crippen molar-refractivity contribution < 1.29 is 24.2 Å². The summed E-state index contributed by atoms with van der Waals surface area (Å²) in [7, 11) is 0. The lowest BCUT2D eigenvalue weighted by Crippen LogP contribution is -2.19. The van der Waals surface area contributed by atoms with Gasteiger partial charge in [-0.1, -0.05) is 12.1 Å². The number of hydrogen-bond donors (Lipinski definition) is 0. The Morgan fingerprint density at radius 1 is 0.967 bits per heavy atom. The molecular formula is C20H19N3O7. The fraction of sp³-hybridized carbons (Fsp3) is 0.300. The predicted octanol–water partition coefficient (Wildman–Crippen LogP) is 3.45. The van der Waals surface area contributed by atoms with Crippen LogP contribution in [0.4, 0.5) is 17.1 Å². The summed E-state index contributed by atoms with van der Waals surface area (Å²) in [5, 5.41) is 22.4. The van der Waals surface area contributed by atoms with Gasteiger partial charge in [0.2, 0.25) is 5.78 Å². The molecule has 0 spiro atoms. The number of rotatable bonds is 7. The van der Waals surface area contributed by atoms with Crippen molar-refractivity contribution in [2.45, 2.75) is 19.8 Å². The number of anilines is 1. The standard InChI is InChI=1S/C20H19N3O7/c1-13-4-5-14(10-17(13)22(26)27)19(24)12-30-20(25)15-6-7-16(18(11-15)23(28)29)21-8-2-3-9-21/h4-7,10-11H,2-3,8-9,12H2,1H3. The van der Waals surface area contributed by atoms with Crippen LogP contribution in [-0.4, -0.2) is 41.3 Å². The summed E-state index contributed by atoms with van der Waals surface area (Å²) in [5.74, 6) is -1.50. The van der Waals surface area contributed by atoms with Crippen LogP contribution in [0.5, 0.6) is 0 Å². The van der Waals surface area contributed by atoms with Crippen LogP contribution in [0.25, 0.3) is 0 Å². The van der Waals surface area contributed by atoms with Crippen molar-refractivity contribution >= 4 is 28.8 Å². The van der Waals surface area contributed by atoms with Gasteiger partial charge in [0.25, 0.3) is 11.4 Å². The van der Waals surface area contributed by atoms with E-state index in [9.17, 15) is 29.8 Å². The van der Waals surface area contributed by atoms with E-state index in [1.54, 1.807) is 6.92 Å². The molecule has 0 aliphatic carbocycles. The van der Waals surface area contributed by atoms with E-state index < -0.39 is 28.2 Å². The molecule has 1 aliphatic heterocycles. The molecule has 3 rings (SSSR count). The van der Waals surface area contributed by atoms with Crippen LogP contribution in [-0.2, 0) is 4.74 Å². The SMILES string of the molecule is Cc1ccc(C(=O)COC(=O)c2ccc(N3CCCC3)c([N+](=O)[O-])c2)cc1[N+](=O)[O-]. The molecule has 2 aromatic carbocycles. The van der Waals surface area contributed by atoms with E-state index in [1.165, 1.54) is 24.3 Å². The van der Waals surface area contributed by atoms with Gasteiger partial charge in [0.1, 0.15) is 5.69 Å². The molecule has 1 heterocycles. The van der Waals surface area contributed by atoms with Gasteiger partial charge in [0.05, 0.1) is 15.4 Å². The quantitative estimate of drug-likeness (QED) is 0.292. The average Bonchev–Trinajstić information content (AvgIpc) is 3.26. The summed E-state index contributed by atoms with van der Waals surface area (Å²) in [4.78, 5) is 47.7. The largest absolute Gasteiger partial charge is 0.454 e. The van der Waals surface area contributed by atoms with E-state index in [0.717, 1.165) is 25.0 Å². The van der Waals surface area contributed by atoms with Crippen molar-refractivity contribution in [3.63, 3.8) is 0 Å².